The lowest BCUT2D eigenvalue weighted by Gasteiger charge is -2.16. The fraction of sp³-hybridized carbons (Fsp3) is 0.231. The SMILES string of the molecule is CCC(Oc1c(I)cc(Cl)c2cccnc12)C(=O)O. The summed E-state index contributed by atoms with van der Waals surface area (Å²) in [5.74, 6) is -0.521. The van der Waals surface area contributed by atoms with E-state index >= 15 is 0 Å². The van der Waals surface area contributed by atoms with Crippen LogP contribution in [0.15, 0.2) is 24.4 Å². The molecule has 0 aliphatic rings. The highest BCUT2D eigenvalue weighted by molar-refractivity contribution is 14.1. The first-order chi connectivity index (χ1) is 9.04. The molecule has 1 aromatic heterocycles. The zero-order valence-corrected chi connectivity index (χ0v) is 13.0. The molecule has 19 heavy (non-hydrogen) atoms. The number of benzene rings is 1. The molecular formula is C13H11ClINO3. The van der Waals surface area contributed by atoms with Crippen LogP contribution in [-0.4, -0.2) is 22.2 Å². The number of hydrogen-bond donors (Lipinski definition) is 1. The highest BCUT2D eigenvalue weighted by atomic mass is 127. The van der Waals surface area contributed by atoms with Crippen LogP contribution < -0.4 is 4.74 Å². The Hall–Kier alpha value is -1.08. The molecule has 100 valence electrons. The van der Waals surface area contributed by atoms with Crippen molar-refractivity contribution in [1.29, 1.82) is 0 Å². The third-order valence-electron chi connectivity index (χ3n) is 2.66. The van der Waals surface area contributed by atoms with E-state index in [-0.39, 0.29) is 0 Å². The first kappa shape index (κ1) is 14.3. The number of carboxylic acids is 1. The zero-order valence-electron chi connectivity index (χ0n) is 10.1. The van der Waals surface area contributed by atoms with Gasteiger partial charge in [-0.15, -0.1) is 0 Å². The molecule has 0 aliphatic carbocycles. The summed E-state index contributed by atoms with van der Waals surface area (Å²) in [6, 6.07) is 5.35. The van der Waals surface area contributed by atoms with E-state index in [0.29, 0.717) is 22.7 Å². The van der Waals surface area contributed by atoms with Gasteiger partial charge in [-0.2, -0.15) is 0 Å². The number of fused-ring (bicyclic) bond motifs is 1. The lowest BCUT2D eigenvalue weighted by molar-refractivity contribution is -0.145. The van der Waals surface area contributed by atoms with Gasteiger partial charge in [-0.3, -0.25) is 4.98 Å². The molecule has 0 bridgehead atoms. The summed E-state index contributed by atoms with van der Waals surface area (Å²) in [5, 5.41) is 10.4. The fourth-order valence-corrected chi connectivity index (χ4v) is 2.85. The number of pyridine rings is 1. The molecule has 6 heteroatoms. The summed E-state index contributed by atoms with van der Waals surface area (Å²) in [7, 11) is 0. The second-order valence-electron chi connectivity index (χ2n) is 3.92. The van der Waals surface area contributed by atoms with Crippen LogP contribution in [0.5, 0.6) is 5.75 Å². The smallest absolute Gasteiger partial charge is 0.344 e. The normalized spacial score (nSPS) is 12.4. The van der Waals surface area contributed by atoms with Crippen molar-refractivity contribution >= 4 is 51.1 Å². The van der Waals surface area contributed by atoms with Crippen LogP contribution in [-0.2, 0) is 4.79 Å². The predicted molar refractivity (Wildman–Crippen MR) is 81.8 cm³/mol. The van der Waals surface area contributed by atoms with Crippen molar-refractivity contribution in [2.45, 2.75) is 19.4 Å². The molecule has 2 rings (SSSR count). The van der Waals surface area contributed by atoms with E-state index in [9.17, 15) is 4.79 Å². The van der Waals surface area contributed by atoms with Crippen LogP contribution in [0.3, 0.4) is 0 Å². The summed E-state index contributed by atoms with van der Waals surface area (Å²) in [5.41, 5.74) is 0.583. The standard InChI is InChI=1S/C13H11ClINO3/c1-2-10(13(17)18)19-12-9(15)6-8(14)7-4-3-5-16-11(7)12/h3-6,10H,2H2,1H3,(H,17,18). The summed E-state index contributed by atoms with van der Waals surface area (Å²) < 4.78 is 6.34. The number of carboxylic acid groups (broad SMARTS) is 1. The Balaban J connectivity index is 2.56. The fourth-order valence-electron chi connectivity index (χ4n) is 1.71. The van der Waals surface area contributed by atoms with Gasteiger partial charge in [0.1, 0.15) is 5.52 Å². The molecule has 0 saturated carbocycles. The lowest BCUT2D eigenvalue weighted by Crippen LogP contribution is -2.26. The molecule has 4 nitrogen and oxygen atoms in total. The Morgan fingerprint density at radius 2 is 2.37 bits per heavy atom. The minimum atomic E-state index is -0.989. The Labute approximate surface area is 128 Å². The maximum absolute atomic E-state index is 11.1. The quantitative estimate of drug-likeness (QED) is 0.807. The Morgan fingerprint density at radius 3 is 3.00 bits per heavy atom. The molecule has 1 aromatic carbocycles. The number of ether oxygens (including phenoxy) is 1. The van der Waals surface area contributed by atoms with Gasteiger partial charge in [-0.05, 0) is 47.2 Å². The monoisotopic (exact) mass is 391 g/mol. The van der Waals surface area contributed by atoms with E-state index in [4.69, 9.17) is 21.4 Å². The van der Waals surface area contributed by atoms with Crippen molar-refractivity contribution in [2.75, 3.05) is 0 Å². The first-order valence-corrected chi connectivity index (χ1v) is 7.12. The van der Waals surface area contributed by atoms with E-state index in [1.165, 1.54) is 0 Å². The Morgan fingerprint density at radius 1 is 1.63 bits per heavy atom. The van der Waals surface area contributed by atoms with Crippen LogP contribution in [0, 0.1) is 3.57 Å². The lowest BCUT2D eigenvalue weighted by atomic mass is 10.2. The molecule has 2 aromatic rings. The number of rotatable bonds is 4. The summed E-state index contributed by atoms with van der Waals surface area (Å²) in [6.45, 7) is 1.76. The second-order valence-corrected chi connectivity index (χ2v) is 5.49. The van der Waals surface area contributed by atoms with Gasteiger partial charge in [-0.25, -0.2) is 4.79 Å². The van der Waals surface area contributed by atoms with Crippen LogP contribution in [0.4, 0.5) is 0 Å². The molecule has 1 heterocycles. The number of carbonyl (C=O) groups is 1. The largest absolute Gasteiger partial charge is 0.479 e. The average Bonchev–Trinajstić information content (AvgIpc) is 2.38. The molecule has 1 N–H and O–H groups in total. The number of aromatic nitrogens is 1. The third kappa shape index (κ3) is 2.92. The van der Waals surface area contributed by atoms with E-state index in [2.05, 4.69) is 27.6 Å². The van der Waals surface area contributed by atoms with Crippen molar-refractivity contribution in [3.05, 3.63) is 33.0 Å². The number of aliphatic carboxylic acids is 1. The van der Waals surface area contributed by atoms with E-state index in [1.807, 2.05) is 6.07 Å². The van der Waals surface area contributed by atoms with E-state index in [0.717, 1.165) is 8.96 Å². The molecule has 0 amide bonds. The van der Waals surface area contributed by atoms with Gasteiger partial charge >= 0.3 is 5.97 Å². The molecule has 0 saturated heterocycles. The van der Waals surface area contributed by atoms with Crippen LogP contribution >= 0.6 is 34.2 Å². The van der Waals surface area contributed by atoms with E-state index in [1.54, 1.807) is 25.3 Å². The van der Waals surface area contributed by atoms with Crippen molar-refractivity contribution in [3.8, 4) is 5.75 Å². The Bertz CT molecular complexity index is 633. The van der Waals surface area contributed by atoms with Crippen molar-refractivity contribution in [2.24, 2.45) is 0 Å². The Kier molecular flexibility index (Phi) is 4.46. The van der Waals surface area contributed by atoms with Gasteiger partial charge in [-0.1, -0.05) is 18.5 Å². The van der Waals surface area contributed by atoms with Gasteiger partial charge in [0.25, 0.3) is 0 Å². The summed E-state index contributed by atoms with van der Waals surface area (Å²) >= 11 is 8.22. The van der Waals surface area contributed by atoms with Crippen LogP contribution in [0.1, 0.15) is 13.3 Å². The second kappa shape index (κ2) is 5.92. The highest BCUT2D eigenvalue weighted by Crippen LogP contribution is 2.35. The molecule has 0 radical (unpaired) electrons. The molecule has 0 fully saturated rings. The van der Waals surface area contributed by atoms with Crippen LogP contribution in [0.25, 0.3) is 10.9 Å². The summed E-state index contributed by atoms with van der Waals surface area (Å²) in [4.78, 5) is 15.3. The van der Waals surface area contributed by atoms with Crippen molar-refractivity contribution in [3.63, 3.8) is 0 Å². The molecule has 1 unspecified atom stereocenters. The highest BCUT2D eigenvalue weighted by Gasteiger charge is 2.21. The van der Waals surface area contributed by atoms with Gasteiger partial charge < -0.3 is 9.84 Å². The molecule has 1 atom stereocenters. The summed E-state index contributed by atoms with van der Waals surface area (Å²) in [6.07, 6.45) is 1.12. The van der Waals surface area contributed by atoms with Gasteiger partial charge in [0.15, 0.2) is 11.9 Å². The van der Waals surface area contributed by atoms with Crippen molar-refractivity contribution in [1.82, 2.24) is 4.98 Å². The zero-order chi connectivity index (χ0) is 14.0. The first-order valence-electron chi connectivity index (χ1n) is 5.66. The minimum Gasteiger partial charge on any atom is -0.479 e. The van der Waals surface area contributed by atoms with Gasteiger partial charge in [0.05, 0.1) is 8.59 Å². The average molecular weight is 392 g/mol. The van der Waals surface area contributed by atoms with Gasteiger partial charge in [0, 0.05) is 11.6 Å². The van der Waals surface area contributed by atoms with Crippen LogP contribution in [0.2, 0.25) is 5.02 Å². The maximum atomic E-state index is 11.1. The van der Waals surface area contributed by atoms with E-state index < -0.39 is 12.1 Å². The van der Waals surface area contributed by atoms with Crippen molar-refractivity contribution < 1.29 is 14.6 Å². The third-order valence-corrected chi connectivity index (χ3v) is 3.77. The topological polar surface area (TPSA) is 59.4 Å². The molecular weight excluding hydrogens is 381 g/mol. The number of halogens is 2. The minimum absolute atomic E-state index is 0.377. The predicted octanol–water partition coefficient (Wildman–Crippen LogP) is 3.73. The maximum Gasteiger partial charge on any atom is 0.344 e. The molecule has 0 spiro atoms. The van der Waals surface area contributed by atoms with Gasteiger partial charge in [0.2, 0.25) is 0 Å². The molecule has 0 aliphatic heterocycles. The number of hydrogen-bond acceptors (Lipinski definition) is 3. The number of nitrogens with zero attached hydrogens (tertiary/aromatic N) is 1.